The number of aliphatic hydroxyl groups excluding tert-OH is 1. The molecule has 8 heteroatoms. The molecule has 1 saturated heterocycles. The Morgan fingerprint density at radius 1 is 1.50 bits per heavy atom. The lowest BCUT2D eigenvalue weighted by Crippen LogP contribution is -2.41. The number of carbonyl (C=O) groups is 1. The van der Waals surface area contributed by atoms with Crippen molar-refractivity contribution in [1.29, 1.82) is 0 Å². The minimum atomic E-state index is -0.581. The van der Waals surface area contributed by atoms with Crippen LogP contribution < -0.4 is 10.1 Å². The van der Waals surface area contributed by atoms with Gasteiger partial charge in [-0.05, 0) is 37.9 Å². The smallest absolute Gasteiger partial charge is 0.234 e. The highest BCUT2D eigenvalue weighted by Crippen LogP contribution is 2.26. The van der Waals surface area contributed by atoms with Crippen LogP contribution in [0.25, 0.3) is 0 Å². The van der Waals surface area contributed by atoms with Gasteiger partial charge in [0, 0.05) is 30.9 Å². The zero-order valence-corrected chi connectivity index (χ0v) is 16.1. The molecular formula is C20H27FN4O3. The molecule has 0 aliphatic carbocycles. The minimum Gasteiger partial charge on any atom is -0.492 e. The Balaban J connectivity index is 1.39. The van der Waals surface area contributed by atoms with E-state index in [9.17, 15) is 14.3 Å². The number of benzene rings is 1. The minimum absolute atomic E-state index is 0.0781. The molecule has 152 valence electrons. The highest BCUT2D eigenvalue weighted by Gasteiger charge is 2.28. The van der Waals surface area contributed by atoms with E-state index in [1.807, 2.05) is 13.2 Å². The first kappa shape index (κ1) is 20.3. The molecule has 2 N–H and O–H groups in total. The van der Waals surface area contributed by atoms with Crippen molar-refractivity contribution in [2.24, 2.45) is 7.05 Å². The van der Waals surface area contributed by atoms with E-state index in [2.05, 4.69) is 15.3 Å². The van der Waals surface area contributed by atoms with Gasteiger partial charge >= 0.3 is 0 Å². The van der Waals surface area contributed by atoms with Gasteiger partial charge in [0.25, 0.3) is 0 Å². The molecule has 2 aromatic rings. The second kappa shape index (κ2) is 9.66. The van der Waals surface area contributed by atoms with Crippen LogP contribution in [0, 0.1) is 5.82 Å². The van der Waals surface area contributed by atoms with Crippen molar-refractivity contribution in [3.8, 4) is 5.75 Å². The number of rotatable bonds is 9. The normalized spacial score (nSPS) is 18.2. The summed E-state index contributed by atoms with van der Waals surface area (Å²) >= 11 is 0. The maximum absolute atomic E-state index is 13.1. The largest absolute Gasteiger partial charge is 0.492 e. The van der Waals surface area contributed by atoms with Crippen molar-refractivity contribution in [3.63, 3.8) is 0 Å². The summed E-state index contributed by atoms with van der Waals surface area (Å²) in [5, 5.41) is 17.3. The molecule has 7 nitrogen and oxygen atoms in total. The summed E-state index contributed by atoms with van der Waals surface area (Å²) < 4.78 is 20.2. The van der Waals surface area contributed by atoms with Gasteiger partial charge in [0.15, 0.2) is 0 Å². The van der Waals surface area contributed by atoms with Gasteiger partial charge in [0.05, 0.1) is 25.4 Å². The Morgan fingerprint density at radius 2 is 2.36 bits per heavy atom. The van der Waals surface area contributed by atoms with Gasteiger partial charge in [-0.25, -0.2) is 4.39 Å². The quantitative estimate of drug-likeness (QED) is 0.637. The van der Waals surface area contributed by atoms with Crippen LogP contribution >= 0.6 is 0 Å². The van der Waals surface area contributed by atoms with Crippen molar-refractivity contribution >= 4 is 5.91 Å². The Bertz CT molecular complexity index is 782. The Hall–Kier alpha value is -2.45. The zero-order chi connectivity index (χ0) is 19.9. The summed E-state index contributed by atoms with van der Waals surface area (Å²) in [6, 6.07) is 6.09. The molecule has 0 saturated carbocycles. The fourth-order valence-corrected chi connectivity index (χ4v) is 3.53. The number of nitrogens with one attached hydrogen (secondary N) is 1. The van der Waals surface area contributed by atoms with Crippen LogP contribution in [0.5, 0.6) is 5.75 Å². The summed E-state index contributed by atoms with van der Waals surface area (Å²) in [6.07, 6.45) is 5.47. The van der Waals surface area contributed by atoms with E-state index in [-0.39, 0.29) is 24.4 Å². The van der Waals surface area contributed by atoms with Gasteiger partial charge in [0.1, 0.15) is 18.2 Å². The number of nitrogens with zero attached hydrogens (tertiary/aromatic N) is 3. The summed E-state index contributed by atoms with van der Waals surface area (Å²) in [7, 11) is 1.82. The first-order valence-electron chi connectivity index (χ1n) is 9.57. The molecule has 0 bridgehead atoms. The molecule has 0 spiro atoms. The predicted octanol–water partition coefficient (Wildman–Crippen LogP) is 1.64. The third kappa shape index (κ3) is 5.77. The van der Waals surface area contributed by atoms with Crippen LogP contribution in [-0.2, 0) is 11.8 Å². The average Bonchev–Trinajstić information content (AvgIpc) is 3.28. The second-order valence-corrected chi connectivity index (χ2v) is 7.12. The van der Waals surface area contributed by atoms with E-state index in [1.54, 1.807) is 23.0 Å². The van der Waals surface area contributed by atoms with Crippen molar-refractivity contribution in [1.82, 2.24) is 20.0 Å². The second-order valence-electron chi connectivity index (χ2n) is 7.12. The SMILES string of the molecule is Cn1cc([C@H](O)C[C@H]2CCCN2CC(=O)NCCOc2cccc(F)c2)cn1. The van der Waals surface area contributed by atoms with E-state index in [0.29, 0.717) is 25.3 Å². The summed E-state index contributed by atoms with van der Waals surface area (Å²) in [5.74, 6) is 0.0129. The number of amides is 1. The van der Waals surface area contributed by atoms with Crippen LogP contribution in [0.4, 0.5) is 4.39 Å². The molecule has 0 unspecified atom stereocenters. The predicted molar refractivity (Wildman–Crippen MR) is 102 cm³/mol. The average molecular weight is 390 g/mol. The van der Waals surface area contributed by atoms with E-state index in [4.69, 9.17) is 4.74 Å². The number of aryl methyl sites for hydroxylation is 1. The van der Waals surface area contributed by atoms with Gasteiger partial charge in [-0.3, -0.25) is 14.4 Å². The van der Waals surface area contributed by atoms with E-state index < -0.39 is 6.10 Å². The third-order valence-corrected chi connectivity index (χ3v) is 4.94. The number of ether oxygens (including phenoxy) is 1. The monoisotopic (exact) mass is 390 g/mol. The number of aliphatic hydroxyl groups is 1. The Morgan fingerprint density at radius 3 is 3.11 bits per heavy atom. The van der Waals surface area contributed by atoms with Crippen LogP contribution in [0.3, 0.4) is 0 Å². The maximum atomic E-state index is 13.1. The van der Waals surface area contributed by atoms with Crippen LogP contribution in [0.15, 0.2) is 36.7 Å². The number of carbonyl (C=O) groups excluding carboxylic acids is 1. The molecule has 3 rings (SSSR count). The highest BCUT2D eigenvalue weighted by molar-refractivity contribution is 5.78. The topological polar surface area (TPSA) is 79.6 Å². The van der Waals surface area contributed by atoms with Gasteiger partial charge in [-0.1, -0.05) is 6.07 Å². The molecule has 28 heavy (non-hydrogen) atoms. The number of aromatic nitrogens is 2. The van der Waals surface area contributed by atoms with Gasteiger partial charge in [-0.15, -0.1) is 0 Å². The summed E-state index contributed by atoms with van der Waals surface area (Å²) in [6.45, 7) is 1.77. The molecule has 1 aliphatic rings. The van der Waals surface area contributed by atoms with Gasteiger partial charge < -0.3 is 15.2 Å². The Labute approximate surface area is 164 Å². The fourth-order valence-electron chi connectivity index (χ4n) is 3.53. The first-order chi connectivity index (χ1) is 13.5. The standard InChI is InChI=1S/C20H27FN4O3/c1-24-13-15(12-23-24)19(26)11-17-5-3-8-25(17)14-20(27)22-7-9-28-18-6-2-4-16(21)10-18/h2,4,6,10,12-13,17,19,26H,3,5,7-9,11,14H2,1H3,(H,22,27)/t17-,19-/m1/s1. The number of hydrogen-bond donors (Lipinski definition) is 2. The fraction of sp³-hybridized carbons (Fsp3) is 0.500. The number of likely N-dealkylation sites (tertiary alicyclic amines) is 1. The maximum Gasteiger partial charge on any atom is 0.234 e. The van der Waals surface area contributed by atoms with Crippen molar-refractivity contribution in [2.45, 2.75) is 31.4 Å². The van der Waals surface area contributed by atoms with Crippen LogP contribution in [-0.4, -0.2) is 58.0 Å². The molecule has 0 radical (unpaired) electrons. The molecule has 1 amide bonds. The van der Waals surface area contributed by atoms with E-state index in [1.165, 1.54) is 12.1 Å². The summed E-state index contributed by atoms with van der Waals surface area (Å²) in [5.41, 5.74) is 0.799. The zero-order valence-electron chi connectivity index (χ0n) is 16.1. The first-order valence-corrected chi connectivity index (χ1v) is 9.57. The van der Waals surface area contributed by atoms with Crippen molar-refractivity contribution in [2.75, 3.05) is 26.2 Å². The van der Waals surface area contributed by atoms with Crippen LogP contribution in [0.2, 0.25) is 0 Å². The van der Waals surface area contributed by atoms with Gasteiger partial charge in [0.2, 0.25) is 5.91 Å². The number of halogens is 1. The Kier molecular flexibility index (Phi) is 7.00. The van der Waals surface area contributed by atoms with Crippen molar-refractivity contribution < 1.29 is 19.0 Å². The lowest BCUT2D eigenvalue weighted by molar-refractivity contribution is -0.122. The summed E-state index contributed by atoms with van der Waals surface area (Å²) in [4.78, 5) is 14.3. The third-order valence-electron chi connectivity index (χ3n) is 4.94. The molecule has 2 heterocycles. The molecule has 2 atom stereocenters. The molecular weight excluding hydrogens is 363 g/mol. The lowest BCUT2D eigenvalue weighted by Gasteiger charge is -2.25. The van der Waals surface area contributed by atoms with E-state index >= 15 is 0 Å². The van der Waals surface area contributed by atoms with Crippen LogP contribution in [0.1, 0.15) is 30.9 Å². The molecule has 1 aliphatic heterocycles. The molecule has 1 fully saturated rings. The van der Waals surface area contributed by atoms with E-state index in [0.717, 1.165) is 24.9 Å². The molecule has 1 aromatic carbocycles. The van der Waals surface area contributed by atoms with Gasteiger partial charge in [-0.2, -0.15) is 5.10 Å². The molecule has 1 aromatic heterocycles. The lowest BCUT2D eigenvalue weighted by atomic mass is 10.0. The highest BCUT2D eigenvalue weighted by atomic mass is 19.1. The van der Waals surface area contributed by atoms with Crippen molar-refractivity contribution in [3.05, 3.63) is 48.0 Å². The number of hydrogen-bond acceptors (Lipinski definition) is 5.